The predicted octanol–water partition coefficient (Wildman–Crippen LogP) is 17.2. The Hall–Kier alpha value is -8.65. The Labute approximate surface area is 404 Å². The van der Waals surface area contributed by atoms with Gasteiger partial charge in [0.15, 0.2) is 0 Å². The van der Waals surface area contributed by atoms with Crippen LogP contribution in [0.4, 0.5) is 13.2 Å². The van der Waals surface area contributed by atoms with Gasteiger partial charge in [-0.25, -0.2) is 0 Å². The van der Waals surface area contributed by atoms with Gasteiger partial charge in [0.25, 0.3) is 0 Å². The number of para-hydroxylation sites is 2. The monoisotopic (exact) mass is 914 g/mol. The van der Waals surface area contributed by atoms with Gasteiger partial charge in [0, 0.05) is 38.4 Å². The first-order valence-electron chi connectivity index (χ1n) is 23.3. The molecule has 11 rings (SSSR count). The van der Waals surface area contributed by atoms with Crippen LogP contribution in [0, 0.1) is 64.2 Å². The van der Waals surface area contributed by atoms with Crippen molar-refractivity contribution in [1.29, 1.82) is 10.5 Å². The Morgan fingerprint density at radius 3 is 1.47 bits per heavy atom. The zero-order chi connectivity index (χ0) is 48.7. The molecule has 7 heteroatoms. The summed E-state index contributed by atoms with van der Waals surface area (Å²) in [5, 5.41) is 25.3. The first-order chi connectivity index (χ1) is 33.7. The molecule has 0 saturated carbocycles. The van der Waals surface area contributed by atoms with Crippen LogP contribution in [0.2, 0.25) is 0 Å². The van der Waals surface area contributed by atoms with Gasteiger partial charge in [0.2, 0.25) is 0 Å². The van der Waals surface area contributed by atoms with E-state index in [1.54, 1.807) is 6.07 Å². The van der Waals surface area contributed by atoms with Crippen molar-refractivity contribution in [3.05, 3.63) is 214 Å². The number of benzene rings is 9. The molecule has 0 unspecified atom stereocenters. The number of nitriles is 2. The lowest BCUT2D eigenvalue weighted by atomic mass is 9.89. The maximum atomic E-state index is 14.2. The van der Waals surface area contributed by atoms with E-state index in [2.05, 4.69) is 154 Å². The van der Waals surface area contributed by atoms with Crippen molar-refractivity contribution >= 4 is 43.6 Å². The van der Waals surface area contributed by atoms with Crippen LogP contribution in [0.5, 0.6) is 0 Å². The lowest BCUT2D eigenvalue weighted by Gasteiger charge is -2.20. The van der Waals surface area contributed by atoms with E-state index in [0.717, 1.165) is 78.2 Å². The smallest absolute Gasteiger partial charge is 0.309 e. The van der Waals surface area contributed by atoms with Crippen molar-refractivity contribution in [3.63, 3.8) is 0 Å². The summed E-state index contributed by atoms with van der Waals surface area (Å²) in [6.45, 7) is 12.8. The summed E-state index contributed by atoms with van der Waals surface area (Å²) >= 11 is 0. The number of nitrogens with zero attached hydrogens (tertiary/aromatic N) is 4. The lowest BCUT2D eigenvalue weighted by Crippen LogP contribution is -2.06. The van der Waals surface area contributed by atoms with Crippen LogP contribution in [0.25, 0.3) is 99.5 Å². The molecule has 0 bridgehead atoms. The molecule has 338 valence electrons. The molecule has 0 aliphatic carbocycles. The second kappa shape index (κ2) is 16.5. The molecule has 2 heterocycles. The van der Waals surface area contributed by atoms with Gasteiger partial charge in [0.05, 0.1) is 56.6 Å². The summed E-state index contributed by atoms with van der Waals surface area (Å²) in [6, 6.07) is 57.9. The van der Waals surface area contributed by atoms with Crippen molar-refractivity contribution in [3.8, 4) is 68.0 Å². The number of fused-ring (bicyclic) bond motifs is 6. The van der Waals surface area contributed by atoms with E-state index in [1.807, 2.05) is 48.5 Å². The summed E-state index contributed by atoms with van der Waals surface area (Å²) in [5.41, 5.74) is 18.8. The molecule has 0 N–H and O–H groups in total. The fraction of sp³-hybridized carbons (Fsp3) is 0.111. The predicted molar refractivity (Wildman–Crippen MR) is 280 cm³/mol. The van der Waals surface area contributed by atoms with Gasteiger partial charge in [0.1, 0.15) is 0 Å². The highest BCUT2D eigenvalue weighted by molar-refractivity contribution is 6.12. The number of aryl methyl sites for hydroxylation is 6. The Bertz CT molecular complexity index is 4050. The molecule has 70 heavy (non-hydrogen) atoms. The molecular weight excluding hydrogens is 870 g/mol. The summed E-state index contributed by atoms with van der Waals surface area (Å²) in [4.78, 5) is 0. The van der Waals surface area contributed by atoms with Gasteiger partial charge in [-0.3, -0.25) is 0 Å². The highest BCUT2D eigenvalue weighted by Gasteiger charge is 2.32. The Morgan fingerprint density at radius 1 is 0.414 bits per heavy atom. The van der Waals surface area contributed by atoms with E-state index in [9.17, 15) is 23.7 Å². The van der Waals surface area contributed by atoms with Crippen LogP contribution in [-0.4, -0.2) is 9.13 Å². The van der Waals surface area contributed by atoms with Gasteiger partial charge < -0.3 is 9.13 Å². The normalized spacial score (nSPS) is 11.8. The van der Waals surface area contributed by atoms with E-state index in [1.165, 1.54) is 50.6 Å². The van der Waals surface area contributed by atoms with E-state index in [-0.39, 0.29) is 5.56 Å². The topological polar surface area (TPSA) is 57.4 Å². The zero-order valence-corrected chi connectivity index (χ0v) is 39.5. The minimum absolute atomic E-state index is 0.112. The van der Waals surface area contributed by atoms with E-state index >= 15 is 0 Å². The standard InChI is InChI=1S/C63H45F3N4/c1-36-25-38(3)61(39(4)26-36)43-16-23-58-54(31-43)50-11-7-9-13-56(50)69(58)47-19-21-49(48-20-18-46(63(64,65)66)30-45(48)35-68)52(33-47)53-29-42(34-67)15-22-59(53)70-57-14-10-8-12-51(57)55-32-44(17-24-60(55)70)62-40(5)27-37(2)28-41(62)6/h7-33H,1-6H3. The van der Waals surface area contributed by atoms with Gasteiger partial charge >= 0.3 is 6.18 Å². The second-order valence-corrected chi connectivity index (χ2v) is 18.7. The molecule has 4 nitrogen and oxygen atoms in total. The number of hydrogen-bond donors (Lipinski definition) is 0. The maximum Gasteiger partial charge on any atom is 0.416 e. The Morgan fingerprint density at radius 2 is 0.929 bits per heavy atom. The summed E-state index contributed by atoms with van der Waals surface area (Å²) in [6.07, 6.45) is -4.65. The largest absolute Gasteiger partial charge is 0.416 e. The van der Waals surface area contributed by atoms with Gasteiger partial charge in [-0.05, 0) is 176 Å². The molecule has 0 atom stereocenters. The molecule has 2 aromatic heterocycles. The van der Waals surface area contributed by atoms with Gasteiger partial charge in [-0.2, -0.15) is 23.7 Å². The molecule has 9 aromatic carbocycles. The highest BCUT2D eigenvalue weighted by Crippen LogP contribution is 2.45. The third-order valence-electron chi connectivity index (χ3n) is 14.0. The van der Waals surface area contributed by atoms with Crippen LogP contribution >= 0.6 is 0 Å². The van der Waals surface area contributed by atoms with Crippen LogP contribution < -0.4 is 0 Å². The molecule has 11 aromatic rings. The third-order valence-corrected chi connectivity index (χ3v) is 14.0. The van der Waals surface area contributed by atoms with Crippen molar-refractivity contribution < 1.29 is 13.2 Å². The number of hydrogen-bond acceptors (Lipinski definition) is 2. The molecule has 0 aliphatic heterocycles. The van der Waals surface area contributed by atoms with E-state index < -0.39 is 11.7 Å². The second-order valence-electron chi connectivity index (χ2n) is 18.7. The highest BCUT2D eigenvalue weighted by atomic mass is 19.4. The quantitative estimate of drug-likeness (QED) is 0.167. The number of halogens is 3. The minimum atomic E-state index is -4.65. The number of alkyl halides is 3. The van der Waals surface area contributed by atoms with Crippen molar-refractivity contribution in [2.24, 2.45) is 0 Å². The van der Waals surface area contributed by atoms with Gasteiger partial charge in [-0.1, -0.05) is 96.1 Å². The third kappa shape index (κ3) is 7.13. The summed E-state index contributed by atoms with van der Waals surface area (Å²) < 4.78 is 47.0. The van der Waals surface area contributed by atoms with Gasteiger partial charge in [-0.15, -0.1) is 0 Å². The van der Waals surface area contributed by atoms with Crippen LogP contribution in [-0.2, 0) is 6.18 Å². The molecular formula is C63H45F3N4. The first kappa shape index (κ1) is 43.9. The van der Waals surface area contributed by atoms with Crippen LogP contribution in [0.1, 0.15) is 50.1 Å². The minimum Gasteiger partial charge on any atom is -0.309 e. The first-order valence-corrected chi connectivity index (χ1v) is 23.3. The van der Waals surface area contributed by atoms with E-state index in [0.29, 0.717) is 27.8 Å². The van der Waals surface area contributed by atoms with Crippen molar-refractivity contribution in [2.75, 3.05) is 0 Å². The fourth-order valence-corrected chi connectivity index (χ4v) is 11.3. The Balaban J connectivity index is 1.20. The number of aromatic nitrogens is 2. The molecule has 0 aliphatic rings. The fourth-order valence-electron chi connectivity index (χ4n) is 11.3. The maximum absolute atomic E-state index is 14.2. The summed E-state index contributed by atoms with van der Waals surface area (Å²) in [7, 11) is 0. The lowest BCUT2D eigenvalue weighted by molar-refractivity contribution is -0.137. The average Bonchev–Trinajstić information content (AvgIpc) is 3.85. The van der Waals surface area contributed by atoms with Crippen molar-refractivity contribution in [2.45, 2.75) is 47.7 Å². The average molecular weight is 915 g/mol. The zero-order valence-electron chi connectivity index (χ0n) is 39.5. The SMILES string of the molecule is Cc1cc(C)c(-c2ccc3c(c2)c2ccccc2n3-c2ccc(-c3ccc(C(F)(F)F)cc3C#N)c(-c3cc(C#N)ccc3-n3c4ccccc4c4cc(-c5c(C)cc(C)cc5C)ccc43)c2)c(C)c1. The number of rotatable bonds is 6. The summed E-state index contributed by atoms with van der Waals surface area (Å²) in [5.74, 6) is 0. The van der Waals surface area contributed by atoms with Crippen LogP contribution in [0.15, 0.2) is 164 Å². The molecule has 0 amide bonds. The van der Waals surface area contributed by atoms with E-state index in [4.69, 9.17) is 0 Å². The molecule has 0 saturated heterocycles. The van der Waals surface area contributed by atoms with Crippen LogP contribution in [0.3, 0.4) is 0 Å². The van der Waals surface area contributed by atoms with Crippen molar-refractivity contribution in [1.82, 2.24) is 9.13 Å². The molecule has 0 radical (unpaired) electrons. The molecule has 0 spiro atoms. The Kier molecular flexibility index (Phi) is 10.4. The molecule has 0 fully saturated rings.